The average molecular weight is 218 g/mol. The van der Waals surface area contributed by atoms with E-state index in [1.165, 1.54) is 17.6 Å². The molecule has 1 nitrogen and oxygen atoms in total. The minimum Gasteiger partial charge on any atom is -0.377 e. The van der Waals surface area contributed by atoms with Crippen LogP contribution in [-0.4, -0.2) is 6.61 Å². The van der Waals surface area contributed by atoms with Gasteiger partial charge in [-0.3, -0.25) is 0 Å². The molecular weight excluding hydrogens is 196 g/mol. The van der Waals surface area contributed by atoms with Gasteiger partial charge in [-0.1, -0.05) is 55.8 Å². The van der Waals surface area contributed by atoms with Crippen molar-refractivity contribution in [1.29, 1.82) is 0 Å². The van der Waals surface area contributed by atoms with Crippen molar-refractivity contribution < 1.29 is 4.74 Å². The van der Waals surface area contributed by atoms with E-state index in [4.69, 9.17) is 4.74 Å². The van der Waals surface area contributed by atoms with E-state index in [0.717, 1.165) is 32.5 Å². The van der Waals surface area contributed by atoms with Crippen molar-refractivity contribution in [3.05, 3.63) is 48.0 Å². The fraction of sp³-hybridized carbons (Fsp3) is 0.467. The summed E-state index contributed by atoms with van der Waals surface area (Å²) in [5, 5.41) is 0. The van der Waals surface area contributed by atoms with Gasteiger partial charge in [-0.25, -0.2) is 0 Å². The van der Waals surface area contributed by atoms with Crippen LogP contribution < -0.4 is 0 Å². The lowest BCUT2D eigenvalue weighted by Crippen LogP contribution is -1.96. The fourth-order valence-corrected chi connectivity index (χ4v) is 1.67. The molecule has 0 radical (unpaired) electrons. The molecule has 1 aromatic rings. The highest BCUT2D eigenvalue weighted by Crippen LogP contribution is 2.09. The van der Waals surface area contributed by atoms with Gasteiger partial charge in [-0.15, -0.1) is 0 Å². The van der Waals surface area contributed by atoms with Crippen molar-refractivity contribution in [1.82, 2.24) is 0 Å². The molecule has 0 saturated carbocycles. The first-order chi connectivity index (χ1) is 7.83. The molecule has 0 spiro atoms. The number of benzene rings is 1. The van der Waals surface area contributed by atoms with Gasteiger partial charge in [0.05, 0.1) is 6.61 Å². The van der Waals surface area contributed by atoms with Crippen LogP contribution in [0.3, 0.4) is 0 Å². The highest BCUT2D eigenvalue weighted by Gasteiger charge is 1.95. The predicted octanol–water partition coefficient (Wildman–Crippen LogP) is 4.34. The van der Waals surface area contributed by atoms with Gasteiger partial charge in [-0.2, -0.15) is 0 Å². The summed E-state index contributed by atoms with van der Waals surface area (Å²) in [6.45, 7) is 7.79. The van der Waals surface area contributed by atoms with Gasteiger partial charge in [0.2, 0.25) is 0 Å². The Hall–Kier alpha value is -1.08. The molecule has 0 amide bonds. The highest BCUT2D eigenvalue weighted by atomic mass is 16.5. The zero-order valence-corrected chi connectivity index (χ0v) is 10.2. The largest absolute Gasteiger partial charge is 0.377 e. The Balaban J connectivity index is 2.02. The SMILES string of the molecule is C=C(CCC)CCCOCc1ccccc1. The quantitative estimate of drug-likeness (QED) is 0.466. The lowest BCUT2D eigenvalue weighted by Gasteiger charge is -2.05. The molecule has 0 aliphatic heterocycles. The highest BCUT2D eigenvalue weighted by molar-refractivity contribution is 5.13. The van der Waals surface area contributed by atoms with Crippen LogP contribution in [0, 0.1) is 0 Å². The summed E-state index contributed by atoms with van der Waals surface area (Å²) in [7, 11) is 0. The Kier molecular flexibility index (Phi) is 6.59. The summed E-state index contributed by atoms with van der Waals surface area (Å²) < 4.78 is 5.61. The van der Waals surface area contributed by atoms with Gasteiger partial charge >= 0.3 is 0 Å². The van der Waals surface area contributed by atoms with E-state index in [-0.39, 0.29) is 0 Å². The van der Waals surface area contributed by atoms with E-state index in [2.05, 4.69) is 25.6 Å². The third kappa shape index (κ3) is 5.72. The Morgan fingerprint density at radius 3 is 2.62 bits per heavy atom. The molecule has 1 heteroatoms. The third-order valence-electron chi connectivity index (χ3n) is 2.53. The fourth-order valence-electron chi connectivity index (χ4n) is 1.67. The van der Waals surface area contributed by atoms with Crippen molar-refractivity contribution in [2.45, 2.75) is 39.2 Å². The second-order valence-corrected chi connectivity index (χ2v) is 4.14. The molecule has 0 saturated heterocycles. The maximum absolute atomic E-state index is 5.61. The van der Waals surface area contributed by atoms with E-state index in [0.29, 0.717) is 0 Å². The summed E-state index contributed by atoms with van der Waals surface area (Å²) in [6, 6.07) is 10.3. The van der Waals surface area contributed by atoms with Crippen LogP contribution in [0.1, 0.15) is 38.2 Å². The van der Waals surface area contributed by atoms with Crippen LogP contribution in [0.4, 0.5) is 0 Å². The zero-order chi connectivity index (χ0) is 11.6. The second kappa shape index (κ2) is 8.12. The van der Waals surface area contributed by atoms with Gasteiger partial charge in [0, 0.05) is 6.61 Å². The first-order valence-electron chi connectivity index (χ1n) is 6.11. The Morgan fingerprint density at radius 2 is 1.94 bits per heavy atom. The summed E-state index contributed by atoms with van der Waals surface area (Å²) in [5.41, 5.74) is 2.60. The van der Waals surface area contributed by atoms with E-state index in [9.17, 15) is 0 Å². The lowest BCUT2D eigenvalue weighted by molar-refractivity contribution is 0.118. The zero-order valence-electron chi connectivity index (χ0n) is 10.2. The Labute approximate surface area is 99.1 Å². The molecule has 0 atom stereocenters. The van der Waals surface area contributed by atoms with E-state index < -0.39 is 0 Å². The molecule has 0 N–H and O–H groups in total. The number of ether oxygens (including phenoxy) is 1. The van der Waals surface area contributed by atoms with Crippen LogP contribution in [0.15, 0.2) is 42.5 Å². The van der Waals surface area contributed by atoms with Crippen LogP contribution in [0.25, 0.3) is 0 Å². The maximum Gasteiger partial charge on any atom is 0.0716 e. The maximum atomic E-state index is 5.61. The van der Waals surface area contributed by atoms with Gasteiger partial charge < -0.3 is 4.74 Å². The number of hydrogen-bond acceptors (Lipinski definition) is 1. The molecule has 0 heterocycles. The molecule has 0 bridgehead atoms. The lowest BCUT2D eigenvalue weighted by atomic mass is 10.1. The standard InChI is InChI=1S/C15H22O/c1-3-8-14(2)9-7-12-16-13-15-10-5-4-6-11-15/h4-6,10-11H,2-3,7-9,12-13H2,1H3. The van der Waals surface area contributed by atoms with E-state index >= 15 is 0 Å². The monoisotopic (exact) mass is 218 g/mol. The summed E-state index contributed by atoms with van der Waals surface area (Å²) in [4.78, 5) is 0. The molecule has 0 aliphatic carbocycles. The van der Waals surface area contributed by atoms with Crippen LogP contribution in [0.2, 0.25) is 0 Å². The number of rotatable bonds is 8. The van der Waals surface area contributed by atoms with Gasteiger partial charge in [0.15, 0.2) is 0 Å². The molecule has 16 heavy (non-hydrogen) atoms. The normalized spacial score (nSPS) is 10.3. The van der Waals surface area contributed by atoms with Gasteiger partial charge in [-0.05, 0) is 24.8 Å². The van der Waals surface area contributed by atoms with Crippen LogP contribution in [0.5, 0.6) is 0 Å². The molecular formula is C15H22O. The number of allylic oxidation sites excluding steroid dienone is 1. The molecule has 88 valence electrons. The van der Waals surface area contributed by atoms with Crippen LogP contribution in [-0.2, 0) is 11.3 Å². The minimum atomic E-state index is 0.723. The molecule has 0 aromatic heterocycles. The van der Waals surface area contributed by atoms with Crippen molar-refractivity contribution in [2.24, 2.45) is 0 Å². The number of hydrogen-bond donors (Lipinski definition) is 0. The average Bonchev–Trinajstić information content (AvgIpc) is 2.30. The molecule has 1 rings (SSSR count). The van der Waals surface area contributed by atoms with Crippen molar-refractivity contribution >= 4 is 0 Å². The van der Waals surface area contributed by atoms with E-state index in [1.54, 1.807) is 0 Å². The topological polar surface area (TPSA) is 9.23 Å². The first-order valence-corrected chi connectivity index (χ1v) is 6.11. The van der Waals surface area contributed by atoms with Crippen molar-refractivity contribution in [3.63, 3.8) is 0 Å². The molecule has 0 unspecified atom stereocenters. The van der Waals surface area contributed by atoms with Gasteiger partial charge in [0.1, 0.15) is 0 Å². The molecule has 0 fully saturated rings. The smallest absolute Gasteiger partial charge is 0.0716 e. The molecule has 0 aliphatic rings. The van der Waals surface area contributed by atoms with Crippen molar-refractivity contribution in [3.8, 4) is 0 Å². The summed E-state index contributed by atoms with van der Waals surface area (Å²) >= 11 is 0. The first kappa shape index (κ1) is 13.0. The van der Waals surface area contributed by atoms with Crippen LogP contribution >= 0.6 is 0 Å². The Bertz CT molecular complexity index is 290. The van der Waals surface area contributed by atoms with E-state index in [1.807, 2.05) is 18.2 Å². The summed E-state index contributed by atoms with van der Waals surface area (Å²) in [5.74, 6) is 0. The molecule has 1 aromatic carbocycles. The Morgan fingerprint density at radius 1 is 1.19 bits per heavy atom. The predicted molar refractivity (Wildman–Crippen MR) is 69.4 cm³/mol. The van der Waals surface area contributed by atoms with Gasteiger partial charge in [0.25, 0.3) is 0 Å². The van der Waals surface area contributed by atoms with Crippen molar-refractivity contribution in [2.75, 3.05) is 6.61 Å². The second-order valence-electron chi connectivity index (χ2n) is 4.14. The minimum absolute atomic E-state index is 0.723. The third-order valence-corrected chi connectivity index (χ3v) is 2.53. The summed E-state index contributed by atoms with van der Waals surface area (Å²) in [6.07, 6.45) is 4.54.